The second kappa shape index (κ2) is 6.69. The predicted octanol–water partition coefficient (Wildman–Crippen LogP) is 2.48. The Balaban J connectivity index is 2.04. The molecule has 2 aromatic rings. The average molecular weight is 345 g/mol. The molecule has 8 heteroatoms. The lowest BCUT2D eigenvalue weighted by atomic mass is 10.3. The Morgan fingerprint density at radius 3 is 2.43 bits per heavy atom. The molecular formula is C13H15NO4S3. The van der Waals surface area contributed by atoms with Gasteiger partial charge in [-0.05, 0) is 30.7 Å². The van der Waals surface area contributed by atoms with Crippen molar-refractivity contribution in [1.82, 2.24) is 4.72 Å². The van der Waals surface area contributed by atoms with Crippen molar-refractivity contribution in [3.63, 3.8) is 0 Å². The number of hydrogen-bond acceptors (Lipinski definition) is 5. The lowest BCUT2D eigenvalue weighted by Crippen LogP contribution is -2.21. The van der Waals surface area contributed by atoms with Gasteiger partial charge in [0.2, 0.25) is 10.0 Å². The number of carbonyl (C=O) groups is 1. The molecule has 5 nitrogen and oxygen atoms in total. The predicted molar refractivity (Wildman–Crippen MR) is 83.4 cm³/mol. The largest absolute Gasteiger partial charge is 0.481 e. The molecule has 2 heterocycles. The molecule has 0 unspecified atom stereocenters. The lowest BCUT2D eigenvalue weighted by Gasteiger charge is -2.02. The first kappa shape index (κ1) is 16.2. The van der Waals surface area contributed by atoms with Crippen molar-refractivity contribution in [1.29, 1.82) is 0 Å². The monoisotopic (exact) mass is 345 g/mol. The van der Waals surface area contributed by atoms with Crippen molar-refractivity contribution in [2.75, 3.05) is 0 Å². The van der Waals surface area contributed by atoms with Crippen molar-refractivity contribution in [2.24, 2.45) is 0 Å². The normalized spacial score (nSPS) is 11.7. The van der Waals surface area contributed by atoms with Gasteiger partial charge in [0, 0.05) is 21.2 Å². The number of hydrogen-bond donors (Lipinski definition) is 2. The second-order valence-electron chi connectivity index (χ2n) is 4.34. The van der Waals surface area contributed by atoms with Crippen LogP contribution >= 0.6 is 22.7 Å². The Kier molecular flexibility index (Phi) is 5.15. The summed E-state index contributed by atoms with van der Waals surface area (Å²) in [6.07, 6.45) is 0.770. The molecule has 0 atom stereocenters. The molecule has 0 aromatic carbocycles. The van der Waals surface area contributed by atoms with Crippen LogP contribution in [0.2, 0.25) is 0 Å². The fourth-order valence-corrected chi connectivity index (χ4v) is 5.08. The maximum atomic E-state index is 12.1. The number of sulfonamides is 1. The molecule has 21 heavy (non-hydrogen) atoms. The van der Waals surface area contributed by atoms with Gasteiger partial charge in [-0.1, -0.05) is 6.92 Å². The van der Waals surface area contributed by atoms with Gasteiger partial charge in [0.05, 0.1) is 6.42 Å². The summed E-state index contributed by atoms with van der Waals surface area (Å²) in [4.78, 5) is 13.3. The van der Waals surface area contributed by atoms with Crippen LogP contribution in [0.3, 0.4) is 0 Å². The number of nitrogens with one attached hydrogen (secondary N) is 1. The molecule has 0 aliphatic carbocycles. The van der Waals surface area contributed by atoms with E-state index in [1.165, 1.54) is 17.0 Å². The molecule has 0 aliphatic heterocycles. The molecule has 2 aromatic heterocycles. The molecule has 0 saturated heterocycles. The Morgan fingerprint density at radius 2 is 1.81 bits per heavy atom. The van der Waals surface area contributed by atoms with E-state index in [2.05, 4.69) is 11.6 Å². The highest BCUT2D eigenvalue weighted by molar-refractivity contribution is 7.91. The van der Waals surface area contributed by atoms with Gasteiger partial charge in [0.25, 0.3) is 0 Å². The highest BCUT2D eigenvalue weighted by Crippen LogP contribution is 2.23. The van der Waals surface area contributed by atoms with Crippen molar-refractivity contribution in [3.05, 3.63) is 38.9 Å². The summed E-state index contributed by atoms with van der Waals surface area (Å²) < 4.78 is 27.0. The topological polar surface area (TPSA) is 83.5 Å². The molecule has 2 N–H and O–H groups in total. The zero-order valence-electron chi connectivity index (χ0n) is 11.3. The molecule has 0 saturated carbocycles. The number of carboxylic acids is 1. The molecule has 0 radical (unpaired) electrons. The molecule has 0 amide bonds. The standard InChI is InChI=1S/C13H15NO4S3/c1-2-9-3-4-11(19-9)8-14-21(17,18)13-6-5-10(20-13)7-12(15)16/h3-6,14H,2,7-8H2,1H3,(H,15,16). The van der Waals surface area contributed by atoms with E-state index in [1.807, 2.05) is 12.1 Å². The zero-order chi connectivity index (χ0) is 15.5. The van der Waals surface area contributed by atoms with Crippen molar-refractivity contribution >= 4 is 38.7 Å². The quantitative estimate of drug-likeness (QED) is 0.807. The zero-order valence-corrected chi connectivity index (χ0v) is 13.8. The van der Waals surface area contributed by atoms with Crippen LogP contribution in [-0.4, -0.2) is 19.5 Å². The third kappa shape index (κ3) is 4.37. The van der Waals surface area contributed by atoms with Crippen molar-refractivity contribution in [3.8, 4) is 0 Å². The van der Waals surface area contributed by atoms with Crippen LogP contribution in [0.4, 0.5) is 0 Å². The van der Waals surface area contributed by atoms with E-state index in [1.54, 1.807) is 11.3 Å². The number of carboxylic acid groups (broad SMARTS) is 1. The molecule has 2 rings (SSSR count). The van der Waals surface area contributed by atoms with Gasteiger partial charge in [0.1, 0.15) is 4.21 Å². The van der Waals surface area contributed by atoms with Gasteiger partial charge in [-0.25, -0.2) is 13.1 Å². The van der Waals surface area contributed by atoms with Crippen LogP contribution in [0.5, 0.6) is 0 Å². The van der Waals surface area contributed by atoms with Crippen LogP contribution < -0.4 is 4.72 Å². The maximum absolute atomic E-state index is 12.1. The van der Waals surface area contributed by atoms with Gasteiger partial charge in [-0.3, -0.25) is 4.79 Å². The molecule has 0 fully saturated rings. The first-order valence-electron chi connectivity index (χ1n) is 6.28. The third-order valence-electron chi connectivity index (χ3n) is 2.73. The summed E-state index contributed by atoms with van der Waals surface area (Å²) in [5, 5.41) is 8.70. The summed E-state index contributed by atoms with van der Waals surface area (Å²) in [6, 6.07) is 6.88. The minimum absolute atomic E-state index is 0.144. The molecular weight excluding hydrogens is 330 g/mol. The first-order valence-corrected chi connectivity index (χ1v) is 9.40. The van der Waals surface area contributed by atoms with E-state index in [0.29, 0.717) is 4.88 Å². The van der Waals surface area contributed by atoms with Gasteiger partial charge in [0.15, 0.2) is 0 Å². The van der Waals surface area contributed by atoms with E-state index in [-0.39, 0.29) is 17.2 Å². The smallest absolute Gasteiger partial charge is 0.308 e. The Bertz CT molecular complexity index is 730. The van der Waals surface area contributed by atoms with E-state index in [9.17, 15) is 13.2 Å². The first-order chi connectivity index (χ1) is 9.90. The van der Waals surface area contributed by atoms with Crippen LogP contribution in [0.1, 0.15) is 21.6 Å². The summed E-state index contributed by atoms with van der Waals surface area (Å²) >= 11 is 2.57. The summed E-state index contributed by atoms with van der Waals surface area (Å²) in [7, 11) is -3.59. The summed E-state index contributed by atoms with van der Waals surface area (Å²) in [5.74, 6) is -0.973. The fourth-order valence-electron chi connectivity index (χ4n) is 1.69. The number of thiophene rings is 2. The lowest BCUT2D eigenvalue weighted by molar-refractivity contribution is -0.136. The molecule has 0 aliphatic rings. The van der Waals surface area contributed by atoms with E-state index in [4.69, 9.17) is 5.11 Å². The summed E-state index contributed by atoms with van der Waals surface area (Å²) in [5.41, 5.74) is 0. The fraction of sp³-hybridized carbons (Fsp3) is 0.308. The van der Waals surface area contributed by atoms with E-state index < -0.39 is 16.0 Å². The maximum Gasteiger partial charge on any atom is 0.308 e. The molecule has 0 bridgehead atoms. The number of aryl methyl sites for hydroxylation is 1. The Labute approximate surface area is 131 Å². The van der Waals surface area contributed by atoms with Crippen molar-refractivity contribution < 1.29 is 18.3 Å². The minimum Gasteiger partial charge on any atom is -0.481 e. The van der Waals surface area contributed by atoms with Gasteiger partial charge >= 0.3 is 5.97 Å². The average Bonchev–Trinajstić information content (AvgIpc) is 3.04. The van der Waals surface area contributed by atoms with E-state index in [0.717, 1.165) is 22.6 Å². The van der Waals surface area contributed by atoms with Crippen LogP contribution in [0.25, 0.3) is 0 Å². The van der Waals surface area contributed by atoms with Crippen LogP contribution in [-0.2, 0) is 34.2 Å². The van der Waals surface area contributed by atoms with Gasteiger partial charge in [-0.2, -0.15) is 0 Å². The van der Waals surface area contributed by atoms with Gasteiger partial charge in [-0.15, -0.1) is 22.7 Å². The SMILES string of the molecule is CCc1ccc(CNS(=O)(=O)c2ccc(CC(=O)O)s2)s1. The highest BCUT2D eigenvalue weighted by Gasteiger charge is 2.17. The second-order valence-corrected chi connectivity index (χ2v) is 8.75. The summed E-state index contributed by atoms with van der Waals surface area (Å²) in [6.45, 7) is 2.30. The molecule has 0 spiro atoms. The highest BCUT2D eigenvalue weighted by atomic mass is 32.2. The third-order valence-corrected chi connectivity index (χ3v) is 6.94. The van der Waals surface area contributed by atoms with Crippen LogP contribution in [0.15, 0.2) is 28.5 Å². The van der Waals surface area contributed by atoms with Gasteiger partial charge < -0.3 is 5.11 Å². The number of aliphatic carboxylic acids is 1. The minimum atomic E-state index is -3.59. The van der Waals surface area contributed by atoms with Crippen LogP contribution in [0, 0.1) is 0 Å². The molecule has 114 valence electrons. The number of rotatable bonds is 7. The Hall–Kier alpha value is -1.22. The van der Waals surface area contributed by atoms with Crippen molar-refractivity contribution in [2.45, 2.75) is 30.5 Å². The van der Waals surface area contributed by atoms with E-state index >= 15 is 0 Å². The Morgan fingerprint density at radius 1 is 1.14 bits per heavy atom.